The van der Waals surface area contributed by atoms with Crippen molar-refractivity contribution in [3.8, 4) is 5.75 Å². The second-order valence-electron chi connectivity index (χ2n) is 4.83. The van der Waals surface area contributed by atoms with Crippen LogP contribution in [-0.4, -0.2) is 23.0 Å². The molecule has 0 saturated heterocycles. The third kappa shape index (κ3) is 4.70. The van der Waals surface area contributed by atoms with Gasteiger partial charge in [0.15, 0.2) is 5.78 Å². The Hall–Kier alpha value is -3.09. The van der Waals surface area contributed by atoms with Crippen molar-refractivity contribution in [2.45, 2.75) is 6.18 Å². The molecule has 0 aromatic heterocycles. The summed E-state index contributed by atoms with van der Waals surface area (Å²) in [5.74, 6) is -2.50. The zero-order valence-corrected chi connectivity index (χ0v) is 12.2. The highest BCUT2D eigenvalue weighted by Gasteiger charge is 2.38. The molecule has 0 aliphatic heterocycles. The topological polar surface area (TPSA) is 66.4 Å². The smallest absolute Gasteiger partial charge is 0.471 e. The molecule has 2 N–H and O–H groups in total. The van der Waals surface area contributed by atoms with Gasteiger partial charge >= 0.3 is 12.1 Å². The molecule has 0 unspecified atom stereocenters. The number of rotatable bonds is 4. The van der Waals surface area contributed by atoms with Crippen LogP contribution in [0.15, 0.2) is 54.6 Å². The van der Waals surface area contributed by atoms with E-state index >= 15 is 0 Å². The van der Waals surface area contributed by atoms with E-state index in [4.69, 9.17) is 0 Å². The molecule has 24 heavy (non-hydrogen) atoms. The van der Waals surface area contributed by atoms with Crippen LogP contribution in [-0.2, 0) is 4.79 Å². The number of hydrogen-bond acceptors (Lipinski definition) is 3. The number of hydrogen-bond donors (Lipinski definition) is 2. The van der Waals surface area contributed by atoms with E-state index in [1.54, 1.807) is 11.4 Å². The highest BCUT2D eigenvalue weighted by molar-refractivity contribution is 6.07. The number of halogens is 3. The number of carbonyl (C=O) groups is 2. The zero-order chi connectivity index (χ0) is 17.7. The molecule has 2 aromatic rings. The number of phenols is 1. The number of ketones is 1. The maximum atomic E-state index is 12.2. The lowest BCUT2D eigenvalue weighted by Crippen LogP contribution is -2.29. The van der Waals surface area contributed by atoms with E-state index in [0.29, 0.717) is 5.56 Å². The monoisotopic (exact) mass is 335 g/mol. The number of alkyl halides is 3. The number of carbonyl (C=O) groups excluding carboxylic acids is 2. The normalized spacial score (nSPS) is 11.5. The van der Waals surface area contributed by atoms with Crippen LogP contribution in [0.1, 0.15) is 15.9 Å². The maximum Gasteiger partial charge on any atom is 0.471 e. The van der Waals surface area contributed by atoms with Crippen LogP contribution in [0.25, 0.3) is 6.08 Å². The first-order chi connectivity index (χ1) is 11.3. The standard InChI is InChI=1S/C17H12F3NO3/c18-17(19,20)16(24)21-13-5-1-3-11(9-13)7-8-15(23)12-4-2-6-14(22)10-12/h1-10,22H,(H,21,24)/b8-7+. The first-order valence-corrected chi connectivity index (χ1v) is 6.75. The Labute approximate surface area is 135 Å². The average molecular weight is 335 g/mol. The molecule has 0 aliphatic carbocycles. The van der Waals surface area contributed by atoms with E-state index in [1.807, 2.05) is 0 Å². The van der Waals surface area contributed by atoms with E-state index in [2.05, 4.69) is 0 Å². The van der Waals surface area contributed by atoms with Gasteiger partial charge in [0, 0.05) is 11.3 Å². The maximum absolute atomic E-state index is 12.2. The lowest BCUT2D eigenvalue weighted by Gasteiger charge is -2.08. The molecule has 0 heterocycles. The summed E-state index contributed by atoms with van der Waals surface area (Å²) < 4.78 is 36.7. The van der Waals surface area contributed by atoms with E-state index in [-0.39, 0.29) is 22.8 Å². The third-order valence-corrected chi connectivity index (χ3v) is 2.96. The lowest BCUT2D eigenvalue weighted by molar-refractivity contribution is -0.167. The van der Waals surface area contributed by atoms with Crippen LogP contribution in [0, 0.1) is 0 Å². The van der Waals surface area contributed by atoms with Crippen LogP contribution in [0.4, 0.5) is 18.9 Å². The van der Waals surface area contributed by atoms with Crippen molar-refractivity contribution in [1.29, 1.82) is 0 Å². The lowest BCUT2D eigenvalue weighted by atomic mass is 10.1. The number of aromatic hydroxyl groups is 1. The Kier molecular flexibility index (Phi) is 5.03. The van der Waals surface area contributed by atoms with Crippen LogP contribution in [0.2, 0.25) is 0 Å². The molecule has 4 nitrogen and oxygen atoms in total. The predicted octanol–water partition coefficient (Wildman–Crippen LogP) is 3.79. The number of anilines is 1. The first kappa shape index (κ1) is 17.3. The first-order valence-electron chi connectivity index (χ1n) is 6.75. The molecule has 0 radical (unpaired) electrons. The predicted molar refractivity (Wildman–Crippen MR) is 82.6 cm³/mol. The molecule has 7 heteroatoms. The molecule has 0 saturated carbocycles. The van der Waals surface area contributed by atoms with Crippen molar-refractivity contribution in [3.05, 3.63) is 65.7 Å². The summed E-state index contributed by atoms with van der Waals surface area (Å²) in [7, 11) is 0. The van der Waals surface area contributed by atoms with Crippen molar-refractivity contribution < 1.29 is 27.9 Å². The van der Waals surface area contributed by atoms with Gasteiger partial charge in [-0.05, 0) is 35.9 Å². The van der Waals surface area contributed by atoms with Gasteiger partial charge < -0.3 is 10.4 Å². The molecule has 0 fully saturated rings. The molecule has 0 spiro atoms. The molecular weight excluding hydrogens is 323 g/mol. The van der Waals surface area contributed by atoms with Gasteiger partial charge in [-0.15, -0.1) is 0 Å². The summed E-state index contributed by atoms with van der Waals surface area (Å²) in [6.45, 7) is 0. The van der Waals surface area contributed by atoms with Crippen LogP contribution < -0.4 is 5.32 Å². The molecule has 2 aromatic carbocycles. The zero-order valence-electron chi connectivity index (χ0n) is 12.2. The fourth-order valence-electron chi connectivity index (χ4n) is 1.85. The number of benzene rings is 2. The average Bonchev–Trinajstić information content (AvgIpc) is 2.52. The summed E-state index contributed by atoms with van der Waals surface area (Å²) in [4.78, 5) is 22.8. The van der Waals surface area contributed by atoms with Crippen molar-refractivity contribution in [2.24, 2.45) is 0 Å². The Morgan fingerprint density at radius 1 is 1.04 bits per heavy atom. The van der Waals surface area contributed by atoms with Crippen molar-refractivity contribution >= 4 is 23.5 Å². The number of allylic oxidation sites excluding steroid dienone is 1. The minimum atomic E-state index is -4.98. The highest BCUT2D eigenvalue weighted by Crippen LogP contribution is 2.19. The van der Waals surface area contributed by atoms with Crippen LogP contribution >= 0.6 is 0 Å². The fourth-order valence-corrected chi connectivity index (χ4v) is 1.85. The van der Waals surface area contributed by atoms with E-state index in [1.165, 1.54) is 54.6 Å². The molecule has 0 aliphatic rings. The van der Waals surface area contributed by atoms with E-state index in [0.717, 1.165) is 0 Å². The molecule has 2 rings (SSSR count). The third-order valence-electron chi connectivity index (χ3n) is 2.96. The van der Waals surface area contributed by atoms with Gasteiger partial charge in [-0.2, -0.15) is 13.2 Å². The summed E-state index contributed by atoms with van der Waals surface area (Å²) in [6, 6.07) is 11.4. The minimum absolute atomic E-state index is 0.0377. The van der Waals surface area contributed by atoms with Gasteiger partial charge in [0.25, 0.3) is 0 Å². The molecule has 0 bridgehead atoms. The fraction of sp³-hybridized carbons (Fsp3) is 0.0588. The summed E-state index contributed by atoms with van der Waals surface area (Å²) in [6.07, 6.45) is -2.35. The van der Waals surface area contributed by atoms with Crippen molar-refractivity contribution in [3.63, 3.8) is 0 Å². The molecule has 1 amide bonds. The van der Waals surface area contributed by atoms with Gasteiger partial charge in [0.05, 0.1) is 0 Å². The Morgan fingerprint density at radius 2 is 1.75 bits per heavy atom. The summed E-state index contributed by atoms with van der Waals surface area (Å²) in [5.41, 5.74) is 0.667. The summed E-state index contributed by atoms with van der Waals surface area (Å²) in [5, 5.41) is 11.1. The van der Waals surface area contributed by atoms with Crippen molar-refractivity contribution in [1.82, 2.24) is 0 Å². The number of nitrogens with one attached hydrogen (secondary N) is 1. The van der Waals surface area contributed by atoms with Gasteiger partial charge in [-0.25, -0.2) is 0 Å². The van der Waals surface area contributed by atoms with Gasteiger partial charge in [-0.1, -0.05) is 30.3 Å². The van der Waals surface area contributed by atoms with E-state index in [9.17, 15) is 27.9 Å². The second kappa shape index (κ2) is 6.99. The van der Waals surface area contributed by atoms with Gasteiger partial charge in [0.2, 0.25) is 0 Å². The molecular formula is C17H12F3NO3. The number of phenolic OH excluding ortho intramolecular Hbond substituents is 1. The highest BCUT2D eigenvalue weighted by atomic mass is 19.4. The molecule has 0 atom stereocenters. The quantitative estimate of drug-likeness (QED) is 0.660. The van der Waals surface area contributed by atoms with Crippen LogP contribution in [0.5, 0.6) is 5.75 Å². The second-order valence-corrected chi connectivity index (χ2v) is 4.83. The molecule has 124 valence electrons. The number of amides is 1. The van der Waals surface area contributed by atoms with Crippen molar-refractivity contribution in [2.75, 3.05) is 5.32 Å². The van der Waals surface area contributed by atoms with Crippen LogP contribution in [0.3, 0.4) is 0 Å². The Morgan fingerprint density at radius 3 is 2.42 bits per heavy atom. The SMILES string of the molecule is O=C(/C=C/c1cccc(NC(=O)C(F)(F)F)c1)c1cccc(O)c1. The van der Waals surface area contributed by atoms with Gasteiger partial charge in [-0.3, -0.25) is 9.59 Å². The Balaban J connectivity index is 2.11. The Bertz CT molecular complexity index is 798. The summed E-state index contributed by atoms with van der Waals surface area (Å²) >= 11 is 0. The van der Waals surface area contributed by atoms with Gasteiger partial charge in [0.1, 0.15) is 5.75 Å². The minimum Gasteiger partial charge on any atom is -0.508 e. The van der Waals surface area contributed by atoms with E-state index < -0.39 is 12.1 Å². The largest absolute Gasteiger partial charge is 0.508 e.